The Balaban J connectivity index is 2.09. The van der Waals surface area contributed by atoms with Gasteiger partial charge in [0.2, 0.25) is 0 Å². The molecule has 0 aliphatic carbocycles. The van der Waals surface area contributed by atoms with Crippen molar-refractivity contribution in [1.82, 2.24) is 15.3 Å². The molecule has 7 heteroatoms. The van der Waals surface area contributed by atoms with Gasteiger partial charge < -0.3 is 10.1 Å². The number of carboxylic acid groups (broad SMARTS) is 1. The van der Waals surface area contributed by atoms with Crippen molar-refractivity contribution in [3.8, 4) is 0 Å². The van der Waals surface area contributed by atoms with Gasteiger partial charge in [-0.1, -0.05) is 35.3 Å². The van der Waals surface area contributed by atoms with Gasteiger partial charge in [-0.3, -0.25) is 10.1 Å². The molecular formula is C13H11Cl2N3O2. The number of nitrogens with zero attached hydrogens (tertiary/aromatic N) is 1. The second-order valence-electron chi connectivity index (χ2n) is 4.60. The van der Waals surface area contributed by atoms with Crippen molar-refractivity contribution in [2.75, 3.05) is 0 Å². The van der Waals surface area contributed by atoms with Crippen LogP contribution in [-0.2, 0) is 11.2 Å². The summed E-state index contributed by atoms with van der Waals surface area (Å²) in [6.45, 7) is 0. The van der Waals surface area contributed by atoms with Crippen LogP contribution in [0.25, 0.3) is 0 Å². The summed E-state index contributed by atoms with van der Waals surface area (Å²) in [5.41, 5.74) is 2.28. The molecule has 104 valence electrons. The maximum absolute atomic E-state index is 11.3. The molecule has 0 fully saturated rings. The first-order valence-corrected chi connectivity index (χ1v) is 6.78. The van der Waals surface area contributed by atoms with E-state index in [9.17, 15) is 9.90 Å². The SMILES string of the molecule is O=C(O)[C@@H]1Cc2[nH]cnc2[C@H](c2cccc(Cl)c2Cl)N1. The van der Waals surface area contributed by atoms with E-state index < -0.39 is 18.1 Å². The number of H-pyrrole nitrogens is 1. The number of imidazole rings is 1. The molecule has 3 rings (SSSR count). The Morgan fingerprint density at radius 1 is 1.40 bits per heavy atom. The summed E-state index contributed by atoms with van der Waals surface area (Å²) in [7, 11) is 0. The maximum atomic E-state index is 11.3. The van der Waals surface area contributed by atoms with Crippen molar-refractivity contribution in [2.24, 2.45) is 0 Å². The van der Waals surface area contributed by atoms with Crippen LogP contribution in [0.4, 0.5) is 0 Å². The van der Waals surface area contributed by atoms with E-state index in [2.05, 4.69) is 15.3 Å². The second-order valence-corrected chi connectivity index (χ2v) is 5.39. The summed E-state index contributed by atoms with van der Waals surface area (Å²) >= 11 is 12.3. The van der Waals surface area contributed by atoms with Crippen LogP contribution in [0.15, 0.2) is 24.5 Å². The number of carboxylic acids is 1. The predicted octanol–water partition coefficient (Wildman–Crippen LogP) is 2.40. The number of aromatic nitrogens is 2. The number of nitrogens with one attached hydrogen (secondary N) is 2. The monoisotopic (exact) mass is 311 g/mol. The van der Waals surface area contributed by atoms with Gasteiger partial charge in [0.1, 0.15) is 6.04 Å². The average Bonchev–Trinajstić information content (AvgIpc) is 2.89. The third-order valence-corrected chi connectivity index (χ3v) is 4.23. The summed E-state index contributed by atoms with van der Waals surface area (Å²) in [6.07, 6.45) is 1.92. The molecular weight excluding hydrogens is 301 g/mol. The fraction of sp³-hybridized carbons (Fsp3) is 0.231. The van der Waals surface area contributed by atoms with Crippen LogP contribution in [0, 0.1) is 0 Å². The maximum Gasteiger partial charge on any atom is 0.321 e. The van der Waals surface area contributed by atoms with Crippen LogP contribution >= 0.6 is 23.2 Å². The first kappa shape index (κ1) is 13.4. The highest BCUT2D eigenvalue weighted by Gasteiger charge is 2.34. The molecule has 0 bridgehead atoms. The number of aromatic amines is 1. The van der Waals surface area contributed by atoms with Crippen molar-refractivity contribution < 1.29 is 9.90 Å². The van der Waals surface area contributed by atoms with Gasteiger partial charge in [0, 0.05) is 12.1 Å². The predicted molar refractivity (Wildman–Crippen MR) is 75.2 cm³/mol. The Labute approximate surface area is 124 Å². The molecule has 2 aromatic rings. The van der Waals surface area contributed by atoms with Gasteiger partial charge in [-0.05, 0) is 11.6 Å². The lowest BCUT2D eigenvalue weighted by atomic mass is 9.94. The number of halogens is 2. The first-order valence-electron chi connectivity index (χ1n) is 6.03. The van der Waals surface area contributed by atoms with Crippen LogP contribution in [0.1, 0.15) is 23.0 Å². The number of carbonyl (C=O) groups is 1. The van der Waals surface area contributed by atoms with E-state index in [-0.39, 0.29) is 0 Å². The highest BCUT2D eigenvalue weighted by Crippen LogP contribution is 2.35. The minimum Gasteiger partial charge on any atom is -0.480 e. The highest BCUT2D eigenvalue weighted by atomic mass is 35.5. The molecule has 1 aliphatic rings. The number of fused-ring (bicyclic) bond motifs is 1. The lowest BCUT2D eigenvalue weighted by Crippen LogP contribution is -2.45. The Kier molecular flexibility index (Phi) is 3.41. The van der Waals surface area contributed by atoms with E-state index in [1.54, 1.807) is 18.5 Å². The van der Waals surface area contributed by atoms with Crippen LogP contribution in [0.2, 0.25) is 10.0 Å². The molecule has 20 heavy (non-hydrogen) atoms. The topological polar surface area (TPSA) is 78.0 Å². The van der Waals surface area contributed by atoms with Crippen LogP contribution in [0.5, 0.6) is 0 Å². The van der Waals surface area contributed by atoms with Gasteiger partial charge in [-0.2, -0.15) is 0 Å². The molecule has 0 radical (unpaired) electrons. The minimum atomic E-state index is -0.909. The lowest BCUT2D eigenvalue weighted by molar-refractivity contribution is -0.139. The molecule has 5 nitrogen and oxygen atoms in total. The Morgan fingerprint density at radius 2 is 2.20 bits per heavy atom. The Morgan fingerprint density at radius 3 is 2.95 bits per heavy atom. The number of rotatable bonds is 2. The van der Waals surface area contributed by atoms with Crippen molar-refractivity contribution in [3.63, 3.8) is 0 Å². The molecule has 0 unspecified atom stereocenters. The zero-order valence-corrected chi connectivity index (χ0v) is 11.7. The molecule has 1 aromatic heterocycles. The fourth-order valence-electron chi connectivity index (χ4n) is 2.43. The zero-order valence-electron chi connectivity index (χ0n) is 10.2. The summed E-state index contributed by atoms with van der Waals surface area (Å²) in [4.78, 5) is 18.5. The van der Waals surface area contributed by atoms with E-state index in [1.165, 1.54) is 0 Å². The summed E-state index contributed by atoms with van der Waals surface area (Å²) in [5, 5.41) is 13.1. The number of benzene rings is 1. The summed E-state index contributed by atoms with van der Waals surface area (Å²) in [6, 6.07) is 4.20. The van der Waals surface area contributed by atoms with E-state index in [0.29, 0.717) is 16.5 Å². The quantitative estimate of drug-likeness (QED) is 0.796. The average molecular weight is 312 g/mol. The van der Waals surface area contributed by atoms with Crippen LogP contribution in [-0.4, -0.2) is 27.1 Å². The molecule has 0 spiro atoms. The van der Waals surface area contributed by atoms with Crippen molar-refractivity contribution >= 4 is 29.2 Å². The van der Waals surface area contributed by atoms with Gasteiger partial charge in [0.05, 0.1) is 28.1 Å². The minimum absolute atomic E-state index is 0.360. The molecule has 2 atom stereocenters. The standard InChI is InChI=1S/C13H11Cl2N3O2/c14-7-3-1-2-6(10(7)15)11-12-8(16-5-17-12)4-9(18-11)13(19)20/h1-3,5,9,11,18H,4H2,(H,16,17)(H,19,20)/t9-,11-/m0/s1. The first-order chi connectivity index (χ1) is 9.58. The van der Waals surface area contributed by atoms with Crippen molar-refractivity contribution in [3.05, 3.63) is 51.5 Å². The molecule has 0 amide bonds. The van der Waals surface area contributed by atoms with Gasteiger partial charge in [0.25, 0.3) is 0 Å². The molecule has 2 heterocycles. The third kappa shape index (κ3) is 2.18. The second kappa shape index (κ2) is 5.09. The fourth-order valence-corrected chi connectivity index (χ4v) is 2.84. The number of hydrogen-bond donors (Lipinski definition) is 3. The summed E-state index contributed by atoms with van der Waals surface area (Å²) < 4.78 is 0. The van der Waals surface area contributed by atoms with Gasteiger partial charge in [-0.15, -0.1) is 0 Å². The van der Waals surface area contributed by atoms with Crippen molar-refractivity contribution in [1.29, 1.82) is 0 Å². The van der Waals surface area contributed by atoms with Crippen molar-refractivity contribution in [2.45, 2.75) is 18.5 Å². The van der Waals surface area contributed by atoms with Gasteiger partial charge in [0.15, 0.2) is 0 Å². The Bertz CT molecular complexity index is 671. The van der Waals surface area contributed by atoms with Crippen LogP contribution in [0.3, 0.4) is 0 Å². The van der Waals surface area contributed by atoms with Gasteiger partial charge >= 0.3 is 5.97 Å². The normalized spacial score (nSPS) is 21.5. The zero-order chi connectivity index (χ0) is 14.3. The smallest absolute Gasteiger partial charge is 0.321 e. The Hall–Kier alpha value is -1.56. The van der Waals surface area contributed by atoms with E-state index in [4.69, 9.17) is 23.2 Å². The lowest BCUT2D eigenvalue weighted by Gasteiger charge is -2.28. The third-order valence-electron chi connectivity index (χ3n) is 3.39. The van der Waals surface area contributed by atoms with E-state index in [1.807, 2.05) is 6.07 Å². The largest absolute Gasteiger partial charge is 0.480 e. The summed E-state index contributed by atoms with van der Waals surface area (Å²) in [5.74, 6) is -0.909. The molecule has 0 saturated carbocycles. The number of aliphatic carboxylic acids is 1. The van der Waals surface area contributed by atoms with E-state index in [0.717, 1.165) is 17.0 Å². The number of hydrogen-bond acceptors (Lipinski definition) is 3. The molecule has 1 aliphatic heterocycles. The molecule has 0 saturated heterocycles. The van der Waals surface area contributed by atoms with E-state index >= 15 is 0 Å². The molecule has 1 aromatic carbocycles. The molecule has 3 N–H and O–H groups in total. The highest BCUT2D eigenvalue weighted by molar-refractivity contribution is 6.42. The van der Waals surface area contributed by atoms with Gasteiger partial charge in [-0.25, -0.2) is 4.98 Å². The van der Waals surface area contributed by atoms with Crippen LogP contribution < -0.4 is 5.32 Å².